The largest absolute Gasteiger partial charge is 0.497 e. The van der Waals surface area contributed by atoms with Crippen LogP contribution in [-0.2, 0) is 4.79 Å². The van der Waals surface area contributed by atoms with Gasteiger partial charge in [-0.15, -0.1) is 0 Å². The van der Waals surface area contributed by atoms with Crippen LogP contribution in [0.25, 0.3) is 6.08 Å². The van der Waals surface area contributed by atoms with Crippen LogP contribution in [0.2, 0.25) is 0 Å². The van der Waals surface area contributed by atoms with Gasteiger partial charge in [0.1, 0.15) is 11.5 Å². The van der Waals surface area contributed by atoms with Gasteiger partial charge in [0.05, 0.1) is 29.7 Å². The van der Waals surface area contributed by atoms with Crippen molar-refractivity contribution in [3.8, 4) is 11.5 Å². The summed E-state index contributed by atoms with van der Waals surface area (Å²) in [7, 11) is 3.05. The zero-order chi connectivity index (χ0) is 24.6. The molecule has 0 saturated carbocycles. The van der Waals surface area contributed by atoms with Crippen LogP contribution < -0.4 is 24.4 Å². The molecule has 34 heavy (non-hydrogen) atoms. The van der Waals surface area contributed by atoms with Crippen molar-refractivity contribution in [1.82, 2.24) is 4.57 Å². The Morgan fingerprint density at radius 3 is 2.62 bits per heavy atom. The molecule has 10 heteroatoms. The molecule has 1 atom stereocenters. The highest BCUT2D eigenvalue weighted by Crippen LogP contribution is 2.37. The first kappa shape index (κ1) is 23.1. The maximum Gasteiger partial charge on any atom is 0.271 e. The minimum Gasteiger partial charge on any atom is -0.497 e. The SMILES string of the molecule is COc1ccc(C2C(C(C)=O)=C(C)N=c3sc(=Cc4cccc([N+](=O)[O-])c4)c(=O)n32)c(OC)c1. The predicted molar refractivity (Wildman–Crippen MR) is 127 cm³/mol. The smallest absolute Gasteiger partial charge is 0.271 e. The molecule has 2 aromatic carbocycles. The van der Waals surface area contributed by atoms with Gasteiger partial charge in [-0.2, -0.15) is 0 Å². The summed E-state index contributed by atoms with van der Waals surface area (Å²) >= 11 is 1.16. The topological polar surface area (TPSA) is 113 Å². The van der Waals surface area contributed by atoms with Crippen molar-refractivity contribution in [2.24, 2.45) is 4.99 Å². The highest BCUT2D eigenvalue weighted by Gasteiger charge is 2.32. The van der Waals surface area contributed by atoms with Crippen molar-refractivity contribution < 1.29 is 19.2 Å². The van der Waals surface area contributed by atoms with Crippen LogP contribution in [0.3, 0.4) is 0 Å². The van der Waals surface area contributed by atoms with Gasteiger partial charge in [0, 0.05) is 35.0 Å². The quantitative estimate of drug-likeness (QED) is 0.397. The van der Waals surface area contributed by atoms with E-state index in [1.165, 1.54) is 37.8 Å². The zero-order valence-electron chi connectivity index (χ0n) is 18.9. The minimum absolute atomic E-state index is 0.0721. The summed E-state index contributed by atoms with van der Waals surface area (Å²) in [6, 6.07) is 10.5. The molecule has 1 unspecified atom stereocenters. The second kappa shape index (κ2) is 9.06. The van der Waals surface area contributed by atoms with Crippen molar-refractivity contribution >= 4 is 28.9 Å². The fourth-order valence-corrected chi connectivity index (χ4v) is 5.04. The van der Waals surface area contributed by atoms with E-state index in [0.717, 1.165) is 11.3 Å². The Morgan fingerprint density at radius 1 is 1.21 bits per heavy atom. The van der Waals surface area contributed by atoms with Gasteiger partial charge < -0.3 is 9.47 Å². The number of hydrogen-bond acceptors (Lipinski definition) is 8. The van der Waals surface area contributed by atoms with Crippen molar-refractivity contribution in [3.05, 3.63) is 94.7 Å². The number of nitro groups is 1. The summed E-state index contributed by atoms with van der Waals surface area (Å²) in [5.41, 5.74) is 1.60. The highest BCUT2D eigenvalue weighted by atomic mass is 32.1. The first-order valence-electron chi connectivity index (χ1n) is 10.2. The molecule has 4 rings (SSSR count). The van der Waals surface area contributed by atoms with E-state index in [4.69, 9.17) is 9.47 Å². The van der Waals surface area contributed by atoms with E-state index in [2.05, 4.69) is 4.99 Å². The lowest BCUT2D eigenvalue weighted by atomic mass is 9.92. The van der Waals surface area contributed by atoms with E-state index < -0.39 is 11.0 Å². The number of ether oxygens (including phenoxy) is 2. The van der Waals surface area contributed by atoms with Gasteiger partial charge >= 0.3 is 0 Å². The Labute approximate surface area is 198 Å². The number of non-ortho nitro benzene ring substituents is 1. The number of fused-ring (bicyclic) bond motifs is 1. The molecule has 0 aliphatic carbocycles. The molecule has 0 fully saturated rings. The first-order chi connectivity index (χ1) is 16.2. The summed E-state index contributed by atoms with van der Waals surface area (Å²) in [5.74, 6) is 0.826. The lowest BCUT2D eigenvalue weighted by molar-refractivity contribution is -0.384. The Bertz CT molecular complexity index is 1530. The third-order valence-corrected chi connectivity index (χ3v) is 6.50. The number of allylic oxidation sites excluding steroid dienone is 2. The summed E-state index contributed by atoms with van der Waals surface area (Å²) in [6.45, 7) is 3.17. The van der Waals surface area contributed by atoms with Crippen molar-refractivity contribution in [2.75, 3.05) is 14.2 Å². The van der Waals surface area contributed by atoms with Gasteiger partial charge in [0.25, 0.3) is 11.2 Å². The van der Waals surface area contributed by atoms with Crippen molar-refractivity contribution in [3.63, 3.8) is 0 Å². The summed E-state index contributed by atoms with van der Waals surface area (Å²) in [6.07, 6.45) is 1.59. The van der Waals surface area contributed by atoms with E-state index in [1.54, 1.807) is 43.3 Å². The van der Waals surface area contributed by atoms with Crippen molar-refractivity contribution in [1.29, 1.82) is 0 Å². The number of methoxy groups -OCH3 is 2. The third-order valence-electron chi connectivity index (χ3n) is 5.52. The molecule has 0 N–H and O–H groups in total. The summed E-state index contributed by atoms with van der Waals surface area (Å²) in [5, 5.41) is 11.1. The lowest BCUT2D eigenvalue weighted by Gasteiger charge is -2.26. The molecule has 0 saturated heterocycles. The molecule has 2 heterocycles. The summed E-state index contributed by atoms with van der Waals surface area (Å²) < 4.78 is 12.7. The number of nitrogens with zero attached hydrogens (tertiary/aromatic N) is 3. The van der Waals surface area contributed by atoms with Gasteiger partial charge in [-0.1, -0.05) is 23.5 Å². The monoisotopic (exact) mass is 479 g/mol. The number of carbonyl (C=O) groups excluding carboxylic acids is 1. The molecule has 0 radical (unpaired) electrons. The molecule has 0 spiro atoms. The van der Waals surface area contributed by atoms with E-state index >= 15 is 0 Å². The fourth-order valence-electron chi connectivity index (χ4n) is 3.99. The fraction of sp³-hybridized carbons (Fsp3) is 0.208. The number of thiazole rings is 1. The predicted octanol–water partition coefficient (Wildman–Crippen LogP) is 2.75. The molecule has 1 aromatic heterocycles. The van der Waals surface area contributed by atoms with Crippen LogP contribution in [0.4, 0.5) is 5.69 Å². The normalized spacial score (nSPS) is 15.5. The Balaban J connectivity index is 1.98. The maximum absolute atomic E-state index is 13.6. The van der Waals surface area contributed by atoms with Gasteiger partial charge in [-0.05, 0) is 37.6 Å². The lowest BCUT2D eigenvalue weighted by Crippen LogP contribution is -2.39. The molecular weight excluding hydrogens is 458 g/mol. The molecule has 1 aliphatic heterocycles. The molecule has 0 bridgehead atoms. The zero-order valence-corrected chi connectivity index (χ0v) is 19.7. The number of Topliss-reactive ketones (excluding diaryl/α,β-unsaturated/α-hetero) is 1. The van der Waals surface area contributed by atoms with Gasteiger partial charge in [0.2, 0.25) is 0 Å². The number of ketones is 1. The molecule has 9 nitrogen and oxygen atoms in total. The number of nitro benzene ring substituents is 1. The van der Waals surface area contributed by atoms with Gasteiger partial charge in [-0.25, -0.2) is 4.99 Å². The average Bonchev–Trinajstić information content (AvgIpc) is 3.12. The Kier molecular flexibility index (Phi) is 6.16. The second-order valence-corrected chi connectivity index (χ2v) is 8.61. The molecule has 174 valence electrons. The Hall–Kier alpha value is -4.05. The van der Waals surface area contributed by atoms with E-state index in [1.807, 2.05) is 0 Å². The van der Waals surface area contributed by atoms with E-state index in [9.17, 15) is 19.7 Å². The number of carbonyl (C=O) groups is 1. The van der Waals surface area contributed by atoms with Gasteiger partial charge in [0.15, 0.2) is 10.6 Å². The average molecular weight is 480 g/mol. The standard InChI is InChI=1S/C24H21N3O6S/c1-13-21(14(2)28)22(18-9-8-17(32-3)12-19(18)33-4)26-23(29)20(34-24(26)25-13)11-15-6-5-7-16(10-15)27(30)31/h5-12,22H,1-4H3. The second-order valence-electron chi connectivity index (χ2n) is 7.60. The molecule has 0 amide bonds. The van der Waals surface area contributed by atoms with Crippen LogP contribution in [0.5, 0.6) is 11.5 Å². The number of aromatic nitrogens is 1. The molecular formula is C24H21N3O6S. The van der Waals surface area contributed by atoms with Gasteiger partial charge in [-0.3, -0.25) is 24.3 Å². The first-order valence-corrected chi connectivity index (χ1v) is 11.1. The van der Waals surface area contributed by atoms with Crippen LogP contribution in [0.1, 0.15) is 31.0 Å². The van der Waals surface area contributed by atoms with Crippen LogP contribution >= 0.6 is 11.3 Å². The highest BCUT2D eigenvalue weighted by molar-refractivity contribution is 7.07. The Morgan fingerprint density at radius 2 is 1.97 bits per heavy atom. The molecule has 1 aliphatic rings. The minimum atomic E-state index is -0.748. The third kappa shape index (κ3) is 4.03. The van der Waals surface area contributed by atoms with E-state index in [-0.39, 0.29) is 17.0 Å². The van der Waals surface area contributed by atoms with Crippen LogP contribution in [-0.4, -0.2) is 29.5 Å². The number of hydrogen-bond donors (Lipinski definition) is 0. The summed E-state index contributed by atoms with van der Waals surface area (Å²) in [4.78, 5) is 41.8. The molecule has 3 aromatic rings. The van der Waals surface area contributed by atoms with Crippen LogP contribution in [0, 0.1) is 10.1 Å². The van der Waals surface area contributed by atoms with Crippen LogP contribution in [0.15, 0.2) is 63.5 Å². The van der Waals surface area contributed by atoms with Crippen molar-refractivity contribution in [2.45, 2.75) is 19.9 Å². The number of benzene rings is 2. The number of rotatable bonds is 6. The maximum atomic E-state index is 13.6. The van der Waals surface area contributed by atoms with E-state index in [0.29, 0.717) is 43.2 Å².